The van der Waals surface area contributed by atoms with Crippen LogP contribution in [-0.2, 0) is 14.8 Å². The van der Waals surface area contributed by atoms with Gasteiger partial charge in [0.1, 0.15) is 0 Å². The molecule has 0 bridgehead atoms. The van der Waals surface area contributed by atoms with Crippen molar-refractivity contribution in [1.29, 1.82) is 0 Å². The Kier molecular flexibility index (Phi) is 5.65. The zero-order valence-corrected chi connectivity index (χ0v) is 18.3. The monoisotopic (exact) mass is 432 g/mol. The molecule has 0 aliphatic carbocycles. The van der Waals surface area contributed by atoms with Crippen LogP contribution in [0.1, 0.15) is 29.5 Å². The Balaban J connectivity index is 1.79. The van der Waals surface area contributed by atoms with Gasteiger partial charge in [0.25, 0.3) is 15.9 Å². The third-order valence-corrected chi connectivity index (χ3v) is 7.39. The van der Waals surface area contributed by atoms with Crippen molar-refractivity contribution in [3.8, 4) is 0 Å². The maximum Gasteiger partial charge on any atom is 0.270 e. The maximum absolute atomic E-state index is 13.4. The van der Waals surface area contributed by atoms with E-state index in [4.69, 9.17) is 0 Å². The highest BCUT2D eigenvalue weighted by molar-refractivity contribution is 7.97. The van der Waals surface area contributed by atoms with E-state index in [1.807, 2.05) is 79.7 Å². The largest absolute Gasteiger partial charge is 0.351 e. The molecule has 3 aromatic rings. The van der Waals surface area contributed by atoms with Gasteiger partial charge in [-0.3, -0.25) is 9.10 Å². The number of carbonyl (C=O) groups is 1. The van der Waals surface area contributed by atoms with Gasteiger partial charge >= 0.3 is 0 Å². The van der Waals surface area contributed by atoms with E-state index in [0.29, 0.717) is 28.9 Å². The molecular formula is C25H24N2O3S. The molecule has 0 saturated heterocycles. The topological polar surface area (TPSA) is 66.5 Å². The molecule has 0 aromatic heterocycles. The molecular weight excluding hydrogens is 408 g/mol. The number of anilines is 1. The van der Waals surface area contributed by atoms with Gasteiger partial charge in [-0.25, -0.2) is 8.42 Å². The molecule has 0 radical (unpaired) electrons. The van der Waals surface area contributed by atoms with Gasteiger partial charge < -0.3 is 5.32 Å². The zero-order valence-electron chi connectivity index (χ0n) is 17.4. The number of amides is 1. The van der Waals surface area contributed by atoms with Crippen LogP contribution in [0.15, 0.2) is 89.8 Å². The van der Waals surface area contributed by atoms with E-state index in [-0.39, 0.29) is 10.8 Å². The first-order chi connectivity index (χ1) is 14.9. The molecule has 158 valence electrons. The van der Waals surface area contributed by atoms with Crippen molar-refractivity contribution in [3.05, 3.63) is 107 Å². The molecule has 5 nitrogen and oxygen atoms in total. The van der Waals surface area contributed by atoms with Gasteiger partial charge in [0.2, 0.25) is 0 Å². The quantitative estimate of drug-likeness (QED) is 0.659. The summed E-state index contributed by atoms with van der Waals surface area (Å²) < 4.78 is 28.0. The molecule has 1 aliphatic rings. The Morgan fingerprint density at radius 1 is 0.903 bits per heavy atom. The molecule has 4 rings (SSSR count). The van der Waals surface area contributed by atoms with E-state index in [2.05, 4.69) is 5.32 Å². The summed E-state index contributed by atoms with van der Waals surface area (Å²) in [5.74, 6) is -0.551. The minimum atomic E-state index is -4.02. The van der Waals surface area contributed by atoms with Crippen molar-refractivity contribution in [3.63, 3.8) is 0 Å². The van der Waals surface area contributed by atoms with Crippen molar-refractivity contribution in [2.75, 3.05) is 17.9 Å². The zero-order chi connectivity index (χ0) is 22.0. The van der Waals surface area contributed by atoms with Gasteiger partial charge in [0.05, 0.1) is 5.69 Å². The van der Waals surface area contributed by atoms with E-state index < -0.39 is 15.9 Å². The lowest BCUT2D eigenvalue weighted by atomic mass is 9.95. The summed E-state index contributed by atoms with van der Waals surface area (Å²) in [7, 11) is -2.54. The smallest absolute Gasteiger partial charge is 0.270 e. The van der Waals surface area contributed by atoms with Gasteiger partial charge in [0.15, 0.2) is 4.91 Å². The molecule has 0 spiro atoms. The van der Waals surface area contributed by atoms with E-state index in [1.54, 1.807) is 12.1 Å². The summed E-state index contributed by atoms with van der Waals surface area (Å²) in [6.45, 7) is 2.33. The predicted octanol–water partition coefficient (Wildman–Crippen LogP) is 4.15. The fourth-order valence-corrected chi connectivity index (χ4v) is 5.31. The molecule has 1 N–H and O–H groups in total. The van der Waals surface area contributed by atoms with E-state index in [0.717, 1.165) is 5.56 Å². The normalized spacial score (nSPS) is 15.9. The highest BCUT2D eigenvalue weighted by Gasteiger charge is 2.39. The van der Waals surface area contributed by atoms with Crippen LogP contribution in [0, 0.1) is 0 Å². The Morgan fingerprint density at radius 3 is 2.16 bits per heavy atom. The van der Waals surface area contributed by atoms with Crippen LogP contribution < -0.4 is 9.62 Å². The number of nitrogens with one attached hydrogen (secondary N) is 1. The van der Waals surface area contributed by atoms with Gasteiger partial charge in [-0.2, -0.15) is 0 Å². The second kappa shape index (κ2) is 8.40. The lowest BCUT2D eigenvalue weighted by Crippen LogP contribution is -2.40. The number of hydrogen-bond acceptors (Lipinski definition) is 3. The number of carbonyl (C=O) groups excluding carboxylic acids is 1. The molecule has 31 heavy (non-hydrogen) atoms. The lowest BCUT2D eigenvalue weighted by molar-refractivity contribution is -0.116. The number of fused-ring (bicyclic) bond motifs is 1. The molecule has 0 saturated carbocycles. The van der Waals surface area contributed by atoms with Gasteiger partial charge in [-0.05, 0) is 23.1 Å². The average molecular weight is 433 g/mol. The lowest BCUT2D eigenvalue weighted by Gasteiger charge is -2.31. The van der Waals surface area contributed by atoms with E-state index in [1.165, 1.54) is 11.4 Å². The summed E-state index contributed by atoms with van der Waals surface area (Å²) in [5, 5.41) is 2.85. The molecule has 1 atom stereocenters. The van der Waals surface area contributed by atoms with Crippen molar-refractivity contribution in [2.24, 2.45) is 0 Å². The first-order valence-corrected chi connectivity index (χ1v) is 11.6. The second-order valence-electron chi connectivity index (χ2n) is 7.58. The van der Waals surface area contributed by atoms with Gasteiger partial charge in [-0.15, -0.1) is 0 Å². The molecule has 0 unspecified atom stereocenters. The first kappa shape index (κ1) is 20.9. The molecule has 6 heteroatoms. The van der Waals surface area contributed by atoms with Crippen molar-refractivity contribution in [2.45, 2.75) is 12.8 Å². The number of para-hydroxylation sites is 1. The van der Waals surface area contributed by atoms with E-state index in [9.17, 15) is 13.2 Å². The number of rotatable bonds is 5. The summed E-state index contributed by atoms with van der Waals surface area (Å²) in [4.78, 5) is 13.1. The Labute approximate surface area is 183 Å². The molecule has 0 fully saturated rings. The SMILES string of the molecule is C[C@@H](CNC(=O)C1=C(c2ccccc2)c2ccccc2N(C)S1(=O)=O)c1ccccc1. The Hall–Kier alpha value is -3.38. The van der Waals surface area contributed by atoms with Crippen LogP contribution >= 0.6 is 0 Å². The minimum absolute atomic E-state index is 0.0437. The Bertz CT molecular complexity index is 1240. The molecule has 1 aliphatic heterocycles. The standard InChI is InChI=1S/C25H24N2O3S/c1-18(19-11-5-3-6-12-19)17-26-25(28)24-23(20-13-7-4-8-14-20)21-15-9-10-16-22(21)27(2)31(24,29)30/h3-16,18H,17H2,1-2H3,(H,26,28)/t18-/m0/s1. The maximum atomic E-state index is 13.4. The third-order valence-electron chi connectivity index (χ3n) is 5.56. The van der Waals surface area contributed by atoms with Crippen molar-refractivity contribution >= 4 is 27.2 Å². The van der Waals surface area contributed by atoms with Crippen LogP contribution in [0.5, 0.6) is 0 Å². The number of sulfonamides is 1. The van der Waals surface area contributed by atoms with Crippen molar-refractivity contribution in [1.82, 2.24) is 5.32 Å². The Morgan fingerprint density at radius 2 is 1.48 bits per heavy atom. The number of hydrogen-bond donors (Lipinski definition) is 1. The molecule has 1 amide bonds. The van der Waals surface area contributed by atoms with Crippen LogP contribution in [0.25, 0.3) is 5.57 Å². The average Bonchev–Trinajstić information content (AvgIpc) is 2.80. The predicted molar refractivity (Wildman–Crippen MR) is 124 cm³/mol. The minimum Gasteiger partial charge on any atom is -0.351 e. The fourth-order valence-electron chi connectivity index (χ4n) is 3.82. The summed E-state index contributed by atoms with van der Waals surface area (Å²) in [6, 6.07) is 26.2. The molecule has 3 aromatic carbocycles. The van der Waals surface area contributed by atoms with Crippen LogP contribution in [-0.4, -0.2) is 27.9 Å². The molecule has 1 heterocycles. The number of benzene rings is 3. The van der Waals surface area contributed by atoms with E-state index >= 15 is 0 Å². The highest BCUT2D eigenvalue weighted by Crippen LogP contribution is 2.41. The summed E-state index contributed by atoms with van der Waals surface area (Å²) in [6.07, 6.45) is 0. The summed E-state index contributed by atoms with van der Waals surface area (Å²) in [5.41, 5.74) is 3.46. The van der Waals surface area contributed by atoms with Crippen molar-refractivity contribution < 1.29 is 13.2 Å². The van der Waals surface area contributed by atoms with Crippen LogP contribution in [0.3, 0.4) is 0 Å². The van der Waals surface area contributed by atoms with Gasteiger partial charge in [-0.1, -0.05) is 85.8 Å². The fraction of sp³-hybridized carbons (Fsp3) is 0.160. The summed E-state index contributed by atoms with van der Waals surface area (Å²) >= 11 is 0. The van der Waals surface area contributed by atoms with Crippen LogP contribution in [0.2, 0.25) is 0 Å². The highest BCUT2D eigenvalue weighted by atomic mass is 32.2. The first-order valence-electron chi connectivity index (χ1n) is 10.1. The number of nitrogens with zero attached hydrogens (tertiary/aromatic N) is 1. The third kappa shape index (κ3) is 3.86. The van der Waals surface area contributed by atoms with Crippen LogP contribution in [0.4, 0.5) is 5.69 Å². The van der Waals surface area contributed by atoms with Gasteiger partial charge in [0, 0.05) is 24.7 Å². The second-order valence-corrected chi connectivity index (χ2v) is 9.49.